The van der Waals surface area contributed by atoms with Crippen LogP contribution in [-0.4, -0.2) is 10.2 Å². The Morgan fingerprint density at radius 3 is 2.60 bits per heavy atom. The Balaban J connectivity index is 1.96. The second-order valence-corrected chi connectivity index (χ2v) is 5.41. The molecule has 1 aromatic heterocycles. The average molecular weight is 237 g/mol. The van der Waals surface area contributed by atoms with Gasteiger partial charge in [-0.1, -0.05) is 52.9 Å². The number of aromatic nitrogens is 2. The molecule has 2 rings (SSSR count). The van der Waals surface area contributed by atoms with Crippen LogP contribution in [0.2, 0.25) is 0 Å². The van der Waals surface area contributed by atoms with E-state index in [-0.39, 0.29) is 0 Å². The molecule has 0 aliphatic heterocycles. The molecule has 1 heterocycles. The Kier molecular flexibility index (Phi) is 3.23. The number of thioether (sulfide) groups is 1. The van der Waals surface area contributed by atoms with E-state index in [1.54, 1.807) is 11.8 Å². The van der Waals surface area contributed by atoms with Crippen LogP contribution in [0.25, 0.3) is 0 Å². The highest BCUT2D eigenvalue weighted by molar-refractivity contribution is 8.00. The molecule has 15 heavy (non-hydrogen) atoms. The van der Waals surface area contributed by atoms with Gasteiger partial charge in [0, 0.05) is 5.75 Å². The highest BCUT2D eigenvalue weighted by atomic mass is 32.2. The normalized spacial score (nSPS) is 10.5. The fourth-order valence-electron chi connectivity index (χ4n) is 1.11. The van der Waals surface area contributed by atoms with Gasteiger partial charge in [0.25, 0.3) is 0 Å². The first-order valence-corrected chi connectivity index (χ1v) is 6.31. The van der Waals surface area contributed by atoms with Gasteiger partial charge >= 0.3 is 0 Å². The summed E-state index contributed by atoms with van der Waals surface area (Å²) in [7, 11) is 0. The smallest absolute Gasteiger partial charge is 0.203 e. The molecule has 0 radical (unpaired) electrons. The van der Waals surface area contributed by atoms with Gasteiger partial charge in [-0.25, -0.2) is 0 Å². The predicted octanol–water partition coefficient (Wildman–Crippen LogP) is 2.72. The minimum atomic E-state index is 0.529. The third kappa shape index (κ3) is 2.94. The molecule has 0 amide bonds. The van der Waals surface area contributed by atoms with E-state index in [0.29, 0.717) is 5.13 Å². The number of nitrogens with two attached hydrogens (primary N) is 1. The molecule has 0 saturated carbocycles. The van der Waals surface area contributed by atoms with Crippen molar-refractivity contribution in [1.29, 1.82) is 0 Å². The Labute approximate surface area is 96.7 Å². The molecule has 1 aromatic carbocycles. The first-order chi connectivity index (χ1) is 7.24. The number of rotatable bonds is 3. The molecule has 2 aromatic rings. The summed E-state index contributed by atoms with van der Waals surface area (Å²) in [5, 5.41) is 8.25. The average Bonchev–Trinajstić information content (AvgIpc) is 2.64. The van der Waals surface area contributed by atoms with E-state index in [0.717, 1.165) is 10.1 Å². The van der Waals surface area contributed by atoms with Crippen LogP contribution in [-0.2, 0) is 5.75 Å². The lowest BCUT2D eigenvalue weighted by Crippen LogP contribution is -1.81. The lowest BCUT2D eigenvalue weighted by Gasteiger charge is -1.98. The number of hydrogen-bond acceptors (Lipinski definition) is 5. The van der Waals surface area contributed by atoms with Crippen LogP contribution in [0.4, 0.5) is 5.13 Å². The summed E-state index contributed by atoms with van der Waals surface area (Å²) in [6, 6.07) is 8.49. The van der Waals surface area contributed by atoms with Crippen LogP contribution in [0.1, 0.15) is 11.1 Å². The third-order valence-electron chi connectivity index (χ3n) is 1.91. The highest BCUT2D eigenvalue weighted by Gasteiger charge is 2.01. The van der Waals surface area contributed by atoms with Crippen LogP contribution in [0.15, 0.2) is 28.6 Å². The summed E-state index contributed by atoms with van der Waals surface area (Å²) >= 11 is 3.09. The molecule has 2 N–H and O–H groups in total. The summed E-state index contributed by atoms with van der Waals surface area (Å²) in [4.78, 5) is 0. The van der Waals surface area contributed by atoms with Gasteiger partial charge in [0.15, 0.2) is 4.34 Å². The number of anilines is 1. The van der Waals surface area contributed by atoms with Crippen molar-refractivity contribution in [1.82, 2.24) is 10.2 Å². The molecule has 78 valence electrons. The fourth-order valence-corrected chi connectivity index (χ4v) is 2.70. The zero-order valence-corrected chi connectivity index (χ0v) is 9.94. The van der Waals surface area contributed by atoms with E-state index in [2.05, 4.69) is 41.4 Å². The maximum atomic E-state index is 5.50. The van der Waals surface area contributed by atoms with E-state index >= 15 is 0 Å². The molecule has 0 unspecified atom stereocenters. The van der Waals surface area contributed by atoms with Crippen molar-refractivity contribution in [3.05, 3.63) is 35.4 Å². The summed E-state index contributed by atoms with van der Waals surface area (Å²) in [6.07, 6.45) is 0. The zero-order chi connectivity index (χ0) is 10.7. The first-order valence-electron chi connectivity index (χ1n) is 4.51. The molecule has 0 saturated heterocycles. The van der Waals surface area contributed by atoms with Crippen molar-refractivity contribution in [2.24, 2.45) is 0 Å². The minimum Gasteiger partial charge on any atom is -0.374 e. The van der Waals surface area contributed by atoms with Gasteiger partial charge in [-0.2, -0.15) is 0 Å². The fraction of sp³-hybridized carbons (Fsp3) is 0.200. The highest BCUT2D eigenvalue weighted by Crippen LogP contribution is 2.26. The molecular weight excluding hydrogens is 226 g/mol. The molecule has 0 fully saturated rings. The van der Waals surface area contributed by atoms with Gasteiger partial charge in [0.1, 0.15) is 0 Å². The predicted molar refractivity (Wildman–Crippen MR) is 65.1 cm³/mol. The lowest BCUT2D eigenvalue weighted by atomic mass is 10.2. The maximum Gasteiger partial charge on any atom is 0.203 e. The molecular formula is C10H11N3S2. The van der Waals surface area contributed by atoms with E-state index in [4.69, 9.17) is 5.73 Å². The second kappa shape index (κ2) is 4.63. The van der Waals surface area contributed by atoms with Crippen molar-refractivity contribution < 1.29 is 0 Å². The standard InChI is InChI=1S/C10H11N3S2/c1-7-2-4-8(5-3-7)6-14-10-13-12-9(11)15-10/h2-5H,6H2,1H3,(H2,11,12). The number of nitrogen functional groups attached to an aromatic ring is 1. The first kappa shape index (κ1) is 10.4. The van der Waals surface area contributed by atoms with Crippen molar-refractivity contribution in [2.75, 3.05) is 5.73 Å². The SMILES string of the molecule is Cc1ccc(CSc2nnc(N)s2)cc1. The van der Waals surface area contributed by atoms with Crippen molar-refractivity contribution in [3.63, 3.8) is 0 Å². The van der Waals surface area contributed by atoms with Gasteiger partial charge in [0.2, 0.25) is 5.13 Å². The summed E-state index contributed by atoms with van der Waals surface area (Å²) in [5.41, 5.74) is 8.07. The number of benzene rings is 1. The molecule has 0 aliphatic rings. The summed E-state index contributed by atoms with van der Waals surface area (Å²) in [6.45, 7) is 2.09. The van der Waals surface area contributed by atoms with Gasteiger partial charge in [-0.15, -0.1) is 10.2 Å². The number of aryl methyl sites for hydroxylation is 1. The van der Waals surface area contributed by atoms with Gasteiger partial charge < -0.3 is 5.73 Å². The van der Waals surface area contributed by atoms with E-state index in [1.165, 1.54) is 22.5 Å². The molecule has 3 nitrogen and oxygen atoms in total. The van der Waals surface area contributed by atoms with Crippen LogP contribution < -0.4 is 5.73 Å². The molecule has 0 spiro atoms. The Morgan fingerprint density at radius 1 is 1.27 bits per heavy atom. The van der Waals surface area contributed by atoms with E-state index < -0.39 is 0 Å². The van der Waals surface area contributed by atoms with Gasteiger partial charge in [0.05, 0.1) is 0 Å². The monoisotopic (exact) mass is 237 g/mol. The van der Waals surface area contributed by atoms with Crippen molar-refractivity contribution in [2.45, 2.75) is 17.0 Å². The Morgan fingerprint density at radius 2 is 2.00 bits per heavy atom. The van der Waals surface area contributed by atoms with Crippen LogP contribution in [0.5, 0.6) is 0 Å². The van der Waals surface area contributed by atoms with Crippen LogP contribution in [0, 0.1) is 6.92 Å². The van der Waals surface area contributed by atoms with Crippen LogP contribution in [0.3, 0.4) is 0 Å². The molecule has 0 bridgehead atoms. The van der Waals surface area contributed by atoms with Gasteiger partial charge in [-0.3, -0.25) is 0 Å². The molecule has 0 aliphatic carbocycles. The van der Waals surface area contributed by atoms with E-state index in [1.807, 2.05) is 0 Å². The topological polar surface area (TPSA) is 51.8 Å². The Bertz CT molecular complexity index is 436. The van der Waals surface area contributed by atoms with Crippen molar-refractivity contribution >= 4 is 28.2 Å². The largest absolute Gasteiger partial charge is 0.374 e. The maximum absolute atomic E-state index is 5.50. The summed E-state index contributed by atoms with van der Waals surface area (Å²) < 4.78 is 0.924. The number of hydrogen-bond donors (Lipinski definition) is 1. The van der Waals surface area contributed by atoms with Crippen LogP contribution >= 0.6 is 23.1 Å². The van der Waals surface area contributed by atoms with E-state index in [9.17, 15) is 0 Å². The minimum absolute atomic E-state index is 0.529. The summed E-state index contributed by atoms with van der Waals surface area (Å²) in [5.74, 6) is 0.912. The lowest BCUT2D eigenvalue weighted by molar-refractivity contribution is 1.02. The molecule has 5 heteroatoms. The van der Waals surface area contributed by atoms with Gasteiger partial charge in [-0.05, 0) is 12.5 Å². The third-order valence-corrected chi connectivity index (χ3v) is 3.86. The molecule has 0 atom stereocenters. The second-order valence-electron chi connectivity index (χ2n) is 3.18. The Hall–Kier alpha value is -1.07. The quantitative estimate of drug-likeness (QED) is 0.834. The van der Waals surface area contributed by atoms with Crippen molar-refractivity contribution in [3.8, 4) is 0 Å². The number of nitrogens with zero attached hydrogens (tertiary/aromatic N) is 2. The zero-order valence-electron chi connectivity index (χ0n) is 8.30.